The lowest BCUT2D eigenvalue weighted by Gasteiger charge is -2.32. The molecule has 0 radical (unpaired) electrons. The fourth-order valence-corrected chi connectivity index (χ4v) is 5.69. The zero-order valence-corrected chi connectivity index (χ0v) is 18.8. The predicted molar refractivity (Wildman–Crippen MR) is 123 cm³/mol. The molecule has 1 saturated carbocycles. The first kappa shape index (κ1) is 22.1. The second-order valence-corrected chi connectivity index (χ2v) is 9.84. The van der Waals surface area contributed by atoms with Crippen LogP contribution in [0.2, 0.25) is 0 Å². The topological polar surface area (TPSA) is 81.8 Å². The number of thioether (sulfide) groups is 1. The first-order valence-corrected chi connectivity index (χ1v) is 12.6. The fraction of sp³-hybridized carbons (Fsp3) is 0.609. The van der Waals surface area contributed by atoms with Crippen molar-refractivity contribution in [1.29, 1.82) is 0 Å². The first-order valence-electron chi connectivity index (χ1n) is 11.4. The number of hydrogen-bond acceptors (Lipinski definition) is 5. The number of rotatable bonds is 6. The summed E-state index contributed by atoms with van der Waals surface area (Å²) in [6.07, 6.45) is 6.05. The molecule has 3 aliphatic rings. The Labute approximate surface area is 188 Å². The van der Waals surface area contributed by atoms with Gasteiger partial charge in [-0.05, 0) is 44.4 Å². The maximum atomic E-state index is 12.9. The first-order chi connectivity index (χ1) is 15.1. The van der Waals surface area contributed by atoms with Gasteiger partial charge in [0.05, 0.1) is 23.8 Å². The van der Waals surface area contributed by atoms with E-state index in [1.54, 1.807) is 12.1 Å². The highest BCUT2D eigenvalue weighted by Gasteiger charge is 2.35. The number of carbonyl (C=O) groups excluding carboxylic acids is 3. The third kappa shape index (κ3) is 5.60. The molecule has 31 heavy (non-hydrogen) atoms. The minimum atomic E-state index is -0.213. The molecule has 8 heteroatoms. The Morgan fingerprint density at radius 1 is 0.968 bits per heavy atom. The molecule has 1 atom stereocenters. The van der Waals surface area contributed by atoms with Crippen LogP contribution in [-0.4, -0.2) is 77.3 Å². The Morgan fingerprint density at radius 2 is 1.71 bits per heavy atom. The van der Waals surface area contributed by atoms with Crippen LogP contribution in [0.15, 0.2) is 24.3 Å². The van der Waals surface area contributed by atoms with Gasteiger partial charge < -0.3 is 15.5 Å². The zero-order chi connectivity index (χ0) is 21.6. The molecule has 1 unspecified atom stereocenters. The summed E-state index contributed by atoms with van der Waals surface area (Å²) in [5, 5.41) is 6.00. The van der Waals surface area contributed by atoms with Crippen LogP contribution in [0.4, 0.5) is 5.69 Å². The minimum Gasteiger partial charge on any atom is -0.349 e. The second kappa shape index (κ2) is 10.5. The van der Waals surface area contributed by atoms with E-state index in [1.165, 1.54) is 0 Å². The largest absolute Gasteiger partial charge is 0.349 e. The molecular weight excluding hydrogens is 412 g/mol. The lowest BCUT2D eigenvalue weighted by Crippen LogP contribution is -2.50. The average molecular weight is 445 g/mol. The van der Waals surface area contributed by atoms with Crippen molar-refractivity contribution < 1.29 is 14.4 Å². The van der Waals surface area contributed by atoms with Crippen LogP contribution in [0.5, 0.6) is 0 Å². The monoisotopic (exact) mass is 444 g/mol. The van der Waals surface area contributed by atoms with Gasteiger partial charge in [-0.1, -0.05) is 25.0 Å². The van der Waals surface area contributed by atoms with Crippen molar-refractivity contribution in [2.45, 2.75) is 50.6 Å². The van der Waals surface area contributed by atoms with Crippen molar-refractivity contribution in [3.05, 3.63) is 29.8 Å². The van der Waals surface area contributed by atoms with Gasteiger partial charge in [0.25, 0.3) is 5.91 Å². The summed E-state index contributed by atoms with van der Waals surface area (Å²) >= 11 is 1.88. The molecule has 0 spiro atoms. The van der Waals surface area contributed by atoms with Gasteiger partial charge in [0.2, 0.25) is 11.8 Å². The molecule has 2 aliphatic heterocycles. The van der Waals surface area contributed by atoms with Crippen LogP contribution in [-0.2, 0) is 9.59 Å². The van der Waals surface area contributed by atoms with E-state index in [0.29, 0.717) is 11.3 Å². The van der Waals surface area contributed by atoms with Crippen molar-refractivity contribution in [1.82, 2.24) is 15.1 Å². The van der Waals surface area contributed by atoms with Crippen LogP contribution in [0, 0.1) is 0 Å². The van der Waals surface area contributed by atoms with E-state index in [-0.39, 0.29) is 36.3 Å². The third-order valence-corrected chi connectivity index (χ3v) is 7.40. The molecule has 2 saturated heterocycles. The number of hydrogen-bond donors (Lipinski definition) is 2. The molecule has 2 heterocycles. The fourth-order valence-electron chi connectivity index (χ4n) is 4.79. The van der Waals surface area contributed by atoms with E-state index >= 15 is 0 Å². The van der Waals surface area contributed by atoms with Crippen LogP contribution >= 0.6 is 11.8 Å². The number of para-hydroxylation sites is 1. The summed E-state index contributed by atoms with van der Waals surface area (Å²) in [6.45, 7) is 2.50. The summed E-state index contributed by atoms with van der Waals surface area (Å²) in [6, 6.07) is 7.15. The van der Waals surface area contributed by atoms with E-state index in [4.69, 9.17) is 0 Å². The standard InChI is InChI=1S/C23H32N4O3S/c28-21(16-27-11-5-10-20(27)23(30)26-12-14-31-15-13-26)25-19-9-4-3-8-18(19)22(29)24-17-6-1-2-7-17/h3-4,8-9,17,20H,1-2,5-7,10-16H2,(H,24,29)(H,25,28). The van der Waals surface area contributed by atoms with Gasteiger partial charge in [-0.25, -0.2) is 0 Å². The van der Waals surface area contributed by atoms with Gasteiger partial charge >= 0.3 is 0 Å². The van der Waals surface area contributed by atoms with Crippen molar-refractivity contribution in [2.75, 3.05) is 43.0 Å². The van der Waals surface area contributed by atoms with Crippen molar-refractivity contribution in [2.24, 2.45) is 0 Å². The molecule has 3 fully saturated rings. The quantitative estimate of drug-likeness (QED) is 0.704. The molecule has 1 aromatic carbocycles. The molecule has 1 aromatic rings. The van der Waals surface area contributed by atoms with Gasteiger partial charge in [0.1, 0.15) is 0 Å². The summed E-state index contributed by atoms with van der Waals surface area (Å²) < 4.78 is 0. The minimum absolute atomic E-state index is 0.139. The Bertz CT molecular complexity index is 806. The van der Waals surface area contributed by atoms with Crippen LogP contribution in [0.25, 0.3) is 0 Å². The number of carbonyl (C=O) groups is 3. The van der Waals surface area contributed by atoms with Gasteiger partial charge in [-0.3, -0.25) is 19.3 Å². The summed E-state index contributed by atoms with van der Waals surface area (Å²) in [5.74, 6) is 1.80. The highest BCUT2D eigenvalue weighted by molar-refractivity contribution is 7.99. The van der Waals surface area contributed by atoms with Crippen molar-refractivity contribution in [3.8, 4) is 0 Å². The Morgan fingerprint density at radius 3 is 2.48 bits per heavy atom. The smallest absolute Gasteiger partial charge is 0.253 e. The maximum absolute atomic E-state index is 12.9. The normalized spacial score (nSPS) is 22.5. The number of benzene rings is 1. The Kier molecular flexibility index (Phi) is 7.50. The highest BCUT2D eigenvalue weighted by Crippen LogP contribution is 2.23. The molecule has 168 valence electrons. The van der Waals surface area contributed by atoms with Gasteiger partial charge in [0.15, 0.2) is 0 Å². The molecule has 3 amide bonds. The molecule has 0 aromatic heterocycles. The van der Waals surface area contributed by atoms with Gasteiger partial charge in [0, 0.05) is 30.6 Å². The van der Waals surface area contributed by atoms with E-state index in [0.717, 1.165) is 69.7 Å². The molecule has 1 aliphatic carbocycles. The van der Waals surface area contributed by atoms with E-state index in [9.17, 15) is 14.4 Å². The predicted octanol–water partition coefficient (Wildman–Crippen LogP) is 2.34. The van der Waals surface area contributed by atoms with E-state index in [1.807, 2.05) is 33.7 Å². The zero-order valence-electron chi connectivity index (χ0n) is 18.0. The average Bonchev–Trinajstić information content (AvgIpc) is 3.46. The number of amides is 3. The van der Waals surface area contributed by atoms with E-state index < -0.39 is 0 Å². The molecule has 2 N–H and O–H groups in total. The van der Waals surface area contributed by atoms with Crippen molar-refractivity contribution in [3.63, 3.8) is 0 Å². The van der Waals surface area contributed by atoms with Gasteiger partial charge in [-0.15, -0.1) is 0 Å². The Hall–Kier alpha value is -2.06. The number of anilines is 1. The van der Waals surface area contributed by atoms with Crippen molar-refractivity contribution >= 4 is 35.2 Å². The SMILES string of the molecule is O=C(CN1CCCC1C(=O)N1CCSCC1)Nc1ccccc1C(=O)NC1CCCC1. The molecule has 7 nitrogen and oxygen atoms in total. The number of nitrogens with zero attached hydrogens (tertiary/aromatic N) is 2. The van der Waals surface area contributed by atoms with Crippen LogP contribution in [0.3, 0.4) is 0 Å². The number of likely N-dealkylation sites (tertiary alicyclic amines) is 1. The molecule has 0 bridgehead atoms. The molecular formula is C23H32N4O3S. The van der Waals surface area contributed by atoms with E-state index in [2.05, 4.69) is 10.6 Å². The lowest BCUT2D eigenvalue weighted by atomic mass is 10.1. The summed E-state index contributed by atoms with van der Waals surface area (Å²) in [4.78, 5) is 42.4. The summed E-state index contributed by atoms with van der Waals surface area (Å²) in [7, 11) is 0. The molecule has 4 rings (SSSR count). The third-order valence-electron chi connectivity index (χ3n) is 6.45. The summed E-state index contributed by atoms with van der Waals surface area (Å²) in [5.41, 5.74) is 1.01. The Balaban J connectivity index is 1.36. The lowest BCUT2D eigenvalue weighted by molar-refractivity contribution is -0.136. The maximum Gasteiger partial charge on any atom is 0.253 e. The van der Waals surface area contributed by atoms with Gasteiger partial charge in [-0.2, -0.15) is 11.8 Å². The highest BCUT2D eigenvalue weighted by atomic mass is 32.2. The second-order valence-electron chi connectivity index (χ2n) is 8.61. The van der Waals surface area contributed by atoms with Crippen LogP contribution in [0.1, 0.15) is 48.9 Å². The van der Waals surface area contributed by atoms with Crippen LogP contribution < -0.4 is 10.6 Å². The number of nitrogens with one attached hydrogen (secondary N) is 2.